The lowest BCUT2D eigenvalue weighted by atomic mass is 10.1. The molecule has 2 rings (SSSR count). The lowest BCUT2D eigenvalue weighted by Crippen LogP contribution is -2.44. The Hall–Kier alpha value is -2.04. The van der Waals surface area contributed by atoms with Gasteiger partial charge in [-0.2, -0.15) is 0 Å². The second-order valence-corrected chi connectivity index (χ2v) is 6.90. The van der Waals surface area contributed by atoms with E-state index in [2.05, 4.69) is 5.32 Å². The minimum Gasteiger partial charge on any atom is -0.494 e. The van der Waals surface area contributed by atoms with Crippen molar-refractivity contribution < 1.29 is 14.3 Å². The van der Waals surface area contributed by atoms with Crippen LogP contribution in [0.4, 0.5) is 0 Å². The van der Waals surface area contributed by atoms with E-state index >= 15 is 0 Å². The molecule has 1 atom stereocenters. The molecule has 2 amide bonds. The van der Waals surface area contributed by atoms with Gasteiger partial charge < -0.3 is 15.0 Å². The van der Waals surface area contributed by atoms with Crippen molar-refractivity contribution in [1.82, 2.24) is 10.2 Å². The molecule has 5 heteroatoms. The van der Waals surface area contributed by atoms with Gasteiger partial charge in [-0.15, -0.1) is 0 Å². The van der Waals surface area contributed by atoms with Crippen LogP contribution in [-0.2, 0) is 16.0 Å². The number of rotatable bonds is 5. The Kier molecular flexibility index (Phi) is 5.29. The van der Waals surface area contributed by atoms with E-state index in [1.807, 2.05) is 56.9 Å². The lowest BCUT2D eigenvalue weighted by molar-refractivity contribution is -0.131. The predicted molar refractivity (Wildman–Crippen MR) is 89.3 cm³/mol. The van der Waals surface area contributed by atoms with Crippen molar-refractivity contribution in [2.45, 2.75) is 52.1 Å². The smallest absolute Gasteiger partial charge is 0.225 e. The Labute approximate surface area is 138 Å². The number of nitrogens with one attached hydrogen (secondary N) is 1. The zero-order chi connectivity index (χ0) is 17.0. The molecule has 1 aromatic rings. The van der Waals surface area contributed by atoms with E-state index in [1.54, 1.807) is 0 Å². The molecular formula is C18H26N2O3. The predicted octanol–water partition coefficient (Wildman–Crippen LogP) is 2.14. The van der Waals surface area contributed by atoms with E-state index < -0.39 is 0 Å². The number of likely N-dealkylation sites (tertiary alicyclic amines) is 1. The Balaban J connectivity index is 1.87. The van der Waals surface area contributed by atoms with E-state index in [0.29, 0.717) is 26.0 Å². The quantitative estimate of drug-likeness (QED) is 0.905. The number of hydrogen-bond acceptors (Lipinski definition) is 3. The second-order valence-electron chi connectivity index (χ2n) is 6.90. The van der Waals surface area contributed by atoms with E-state index in [0.717, 1.165) is 11.3 Å². The first-order valence-corrected chi connectivity index (χ1v) is 8.11. The van der Waals surface area contributed by atoms with Gasteiger partial charge in [0, 0.05) is 18.5 Å². The van der Waals surface area contributed by atoms with Crippen molar-refractivity contribution in [1.29, 1.82) is 0 Å². The van der Waals surface area contributed by atoms with Gasteiger partial charge in [0.25, 0.3) is 0 Å². The van der Waals surface area contributed by atoms with Crippen LogP contribution >= 0.6 is 0 Å². The van der Waals surface area contributed by atoms with Gasteiger partial charge in [0.1, 0.15) is 5.75 Å². The number of carbonyl (C=O) groups is 2. The van der Waals surface area contributed by atoms with E-state index in [1.165, 1.54) is 0 Å². The first-order chi connectivity index (χ1) is 10.8. The lowest BCUT2D eigenvalue weighted by Gasteiger charge is -2.32. The monoisotopic (exact) mass is 318 g/mol. The largest absolute Gasteiger partial charge is 0.494 e. The number of hydrogen-bond donors (Lipinski definition) is 1. The zero-order valence-corrected chi connectivity index (χ0v) is 14.4. The average molecular weight is 318 g/mol. The van der Waals surface area contributed by atoms with E-state index in [-0.39, 0.29) is 23.4 Å². The van der Waals surface area contributed by atoms with Crippen molar-refractivity contribution >= 4 is 11.8 Å². The highest BCUT2D eigenvalue weighted by Gasteiger charge is 2.36. The summed E-state index contributed by atoms with van der Waals surface area (Å²) in [6, 6.07) is 7.42. The molecule has 0 aliphatic carbocycles. The highest BCUT2D eigenvalue weighted by atomic mass is 16.5. The maximum Gasteiger partial charge on any atom is 0.225 e. The Bertz CT molecular complexity index is 561. The summed E-state index contributed by atoms with van der Waals surface area (Å²) >= 11 is 0. The Morgan fingerprint density at radius 2 is 1.96 bits per heavy atom. The molecule has 0 bridgehead atoms. The highest BCUT2D eigenvalue weighted by molar-refractivity contribution is 5.83. The van der Waals surface area contributed by atoms with Crippen LogP contribution in [0.5, 0.6) is 5.75 Å². The first-order valence-electron chi connectivity index (χ1n) is 8.11. The van der Waals surface area contributed by atoms with Crippen molar-refractivity contribution in [3.63, 3.8) is 0 Å². The molecule has 1 aromatic carbocycles. The van der Waals surface area contributed by atoms with Crippen molar-refractivity contribution in [3.8, 4) is 5.75 Å². The van der Waals surface area contributed by atoms with Crippen LogP contribution in [0.25, 0.3) is 0 Å². The molecule has 1 aliphatic rings. The van der Waals surface area contributed by atoms with Gasteiger partial charge >= 0.3 is 0 Å². The summed E-state index contributed by atoms with van der Waals surface area (Å²) < 4.78 is 5.39. The van der Waals surface area contributed by atoms with Gasteiger partial charge in [-0.25, -0.2) is 0 Å². The zero-order valence-electron chi connectivity index (χ0n) is 14.4. The van der Waals surface area contributed by atoms with Crippen LogP contribution < -0.4 is 10.1 Å². The van der Waals surface area contributed by atoms with Crippen LogP contribution in [0.2, 0.25) is 0 Å². The number of nitrogens with zero attached hydrogens (tertiary/aromatic N) is 1. The van der Waals surface area contributed by atoms with Gasteiger partial charge in [-0.05, 0) is 45.4 Å². The van der Waals surface area contributed by atoms with Crippen molar-refractivity contribution in [2.75, 3.05) is 13.2 Å². The minimum absolute atomic E-state index is 0.0530. The second kappa shape index (κ2) is 7.02. The Morgan fingerprint density at radius 3 is 2.48 bits per heavy atom. The number of amides is 2. The highest BCUT2D eigenvalue weighted by Crippen LogP contribution is 2.22. The molecule has 126 valence electrons. The average Bonchev–Trinajstić information content (AvgIpc) is 2.82. The van der Waals surface area contributed by atoms with Gasteiger partial charge in [-0.1, -0.05) is 12.1 Å². The molecule has 23 heavy (non-hydrogen) atoms. The molecule has 0 spiro atoms. The summed E-state index contributed by atoms with van der Waals surface area (Å²) in [6.45, 7) is 9.17. The first kappa shape index (κ1) is 17.3. The van der Waals surface area contributed by atoms with Crippen LogP contribution in [-0.4, -0.2) is 41.4 Å². The van der Waals surface area contributed by atoms with Crippen molar-refractivity contribution in [2.24, 2.45) is 0 Å². The number of benzene rings is 1. The SMILES string of the molecule is CCOc1ccc(CC(=O)NC2CC(=O)N(C(C)(C)C)C2)cc1. The standard InChI is InChI=1S/C18H26N2O3/c1-5-23-15-8-6-13(7-9-15)10-16(21)19-14-11-17(22)20(12-14)18(2,3)4/h6-9,14H,5,10-12H2,1-4H3,(H,19,21). The van der Waals surface area contributed by atoms with Gasteiger partial charge in [-0.3, -0.25) is 9.59 Å². The normalized spacial score (nSPS) is 18.2. The molecule has 1 unspecified atom stereocenters. The molecule has 1 saturated heterocycles. The Morgan fingerprint density at radius 1 is 1.30 bits per heavy atom. The summed E-state index contributed by atoms with van der Waals surface area (Å²) in [6.07, 6.45) is 0.693. The van der Waals surface area contributed by atoms with Gasteiger partial charge in [0.2, 0.25) is 11.8 Å². The maximum atomic E-state index is 12.2. The van der Waals surface area contributed by atoms with Gasteiger partial charge in [0.15, 0.2) is 0 Å². The number of ether oxygens (including phenoxy) is 1. The van der Waals surface area contributed by atoms with Crippen molar-refractivity contribution in [3.05, 3.63) is 29.8 Å². The fourth-order valence-electron chi connectivity index (χ4n) is 2.79. The molecule has 1 heterocycles. The topological polar surface area (TPSA) is 58.6 Å². The molecule has 0 saturated carbocycles. The minimum atomic E-state index is -0.203. The third-order valence-corrected chi connectivity index (χ3v) is 3.90. The maximum absolute atomic E-state index is 12.2. The van der Waals surface area contributed by atoms with E-state index in [9.17, 15) is 9.59 Å². The third kappa shape index (κ3) is 4.71. The third-order valence-electron chi connectivity index (χ3n) is 3.90. The molecule has 0 aromatic heterocycles. The van der Waals surface area contributed by atoms with Crippen LogP contribution in [0.1, 0.15) is 39.7 Å². The van der Waals surface area contributed by atoms with Crippen LogP contribution in [0, 0.1) is 0 Å². The molecular weight excluding hydrogens is 292 g/mol. The van der Waals surface area contributed by atoms with Crippen LogP contribution in [0.3, 0.4) is 0 Å². The van der Waals surface area contributed by atoms with Crippen LogP contribution in [0.15, 0.2) is 24.3 Å². The van der Waals surface area contributed by atoms with E-state index in [4.69, 9.17) is 4.74 Å². The summed E-state index contributed by atoms with van der Waals surface area (Å²) in [5.74, 6) is 0.852. The molecule has 0 radical (unpaired) electrons. The summed E-state index contributed by atoms with van der Waals surface area (Å²) in [5.41, 5.74) is 0.731. The summed E-state index contributed by atoms with van der Waals surface area (Å²) in [5, 5.41) is 2.97. The molecule has 1 N–H and O–H groups in total. The molecule has 1 aliphatic heterocycles. The summed E-state index contributed by atoms with van der Waals surface area (Å²) in [4.78, 5) is 26.0. The molecule has 5 nitrogen and oxygen atoms in total. The molecule has 1 fully saturated rings. The summed E-state index contributed by atoms with van der Waals surface area (Å²) in [7, 11) is 0. The van der Waals surface area contributed by atoms with Gasteiger partial charge in [0.05, 0.1) is 19.1 Å². The fourth-order valence-corrected chi connectivity index (χ4v) is 2.79. The fraction of sp³-hybridized carbons (Fsp3) is 0.556. The number of carbonyl (C=O) groups excluding carboxylic acids is 2.